The zero-order valence-electron chi connectivity index (χ0n) is 7.17. The van der Waals surface area contributed by atoms with Crippen LogP contribution in [0.1, 0.15) is 19.8 Å². The smallest absolute Gasteiger partial charge is 0.320 e. The molecule has 1 aliphatic carbocycles. The van der Waals surface area contributed by atoms with Crippen molar-refractivity contribution >= 4 is 5.97 Å². The fourth-order valence-corrected chi connectivity index (χ4v) is 1.05. The number of carbonyl (C=O) groups is 1. The number of rotatable bonds is 4. The largest absolute Gasteiger partial charge is 0.465 e. The molecular formula is C8H15NO2. The van der Waals surface area contributed by atoms with Crippen molar-refractivity contribution in [3.05, 3.63) is 0 Å². The molecule has 3 nitrogen and oxygen atoms in total. The maximum atomic E-state index is 10.9. The molecule has 1 saturated carbocycles. The molecule has 0 aliphatic heterocycles. The van der Waals surface area contributed by atoms with Crippen LogP contribution in [0.3, 0.4) is 0 Å². The summed E-state index contributed by atoms with van der Waals surface area (Å²) >= 11 is 0. The van der Waals surface area contributed by atoms with E-state index in [9.17, 15) is 4.79 Å². The summed E-state index contributed by atoms with van der Waals surface area (Å²) in [4.78, 5) is 13.0. The topological polar surface area (TPSA) is 29.5 Å². The summed E-state index contributed by atoms with van der Waals surface area (Å²) in [6.07, 6.45) is 2.46. The zero-order chi connectivity index (χ0) is 8.27. The highest BCUT2D eigenvalue weighted by molar-refractivity contribution is 5.71. The summed E-state index contributed by atoms with van der Waals surface area (Å²) in [6.45, 7) is 2.75. The van der Waals surface area contributed by atoms with Gasteiger partial charge in [0.2, 0.25) is 0 Å². The fourth-order valence-electron chi connectivity index (χ4n) is 1.05. The lowest BCUT2D eigenvalue weighted by molar-refractivity contribution is -0.144. The van der Waals surface area contributed by atoms with E-state index in [-0.39, 0.29) is 5.97 Å². The van der Waals surface area contributed by atoms with Gasteiger partial charge in [0.1, 0.15) is 0 Å². The van der Waals surface area contributed by atoms with Gasteiger partial charge in [-0.05, 0) is 26.8 Å². The van der Waals surface area contributed by atoms with E-state index in [1.807, 2.05) is 14.0 Å². The molecule has 3 heteroatoms. The van der Waals surface area contributed by atoms with Gasteiger partial charge in [0.15, 0.2) is 0 Å². The molecule has 0 heterocycles. The van der Waals surface area contributed by atoms with Crippen LogP contribution in [-0.4, -0.2) is 37.1 Å². The number of nitrogens with zero attached hydrogens (tertiary/aromatic N) is 1. The standard InChI is InChI=1S/C8H15NO2/c1-3-11-8(10)6-9(2)7-4-5-7/h7H,3-6H2,1-2H3. The van der Waals surface area contributed by atoms with Crippen molar-refractivity contribution in [1.29, 1.82) is 0 Å². The summed E-state index contributed by atoms with van der Waals surface area (Å²) in [6, 6.07) is 0.638. The lowest BCUT2D eigenvalue weighted by Crippen LogP contribution is -2.29. The van der Waals surface area contributed by atoms with Crippen LogP contribution >= 0.6 is 0 Å². The van der Waals surface area contributed by atoms with Crippen LogP contribution in [0.5, 0.6) is 0 Å². The van der Waals surface area contributed by atoms with E-state index < -0.39 is 0 Å². The monoisotopic (exact) mass is 157 g/mol. The van der Waals surface area contributed by atoms with Crippen LogP contribution in [0.4, 0.5) is 0 Å². The average Bonchev–Trinajstić information content (AvgIpc) is 2.67. The predicted molar refractivity (Wildman–Crippen MR) is 42.3 cm³/mol. The summed E-state index contributed by atoms with van der Waals surface area (Å²) in [5.41, 5.74) is 0. The highest BCUT2D eigenvalue weighted by Gasteiger charge is 2.27. The minimum Gasteiger partial charge on any atom is -0.465 e. The summed E-state index contributed by atoms with van der Waals surface area (Å²) in [7, 11) is 1.97. The third kappa shape index (κ3) is 2.89. The normalized spacial score (nSPS) is 17.0. The zero-order valence-corrected chi connectivity index (χ0v) is 7.17. The van der Waals surface area contributed by atoms with Gasteiger partial charge < -0.3 is 4.74 Å². The highest BCUT2D eigenvalue weighted by Crippen LogP contribution is 2.24. The number of hydrogen-bond donors (Lipinski definition) is 0. The van der Waals surface area contributed by atoms with Crippen molar-refractivity contribution in [3.63, 3.8) is 0 Å². The average molecular weight is 157 g/mol. The first-order valence-corrected chi connectivity index (χ1v) is 4.10. The van der Waals surface area contributed by atoms with E-state index in [1.165, 1.54) is 12.8 Å². The summed E-state index contributed by atoms with van der Waals surface area (Å²) in [5, 5.41) is 0. The molecule has 0 saturated heterocycles. The number of ether oxygens (including phenoxy) is 1. The molecule has 1 aliphatic rings. The van der Waals surface area contributed by atoms with Crippen molar-refractivity contribution in [2.45, 2.75) is 25.8 Å². The second-order valence-corrected chi connectivity index (χ2v) is 2.95. The predicted octanol–water partition coefficient (Wildman–Crippen LogP) is 0.644. The van der Waals surface area contributed by atoms with Gasteiger partial charge in [-0.2, -0.15) is 0 Å². The number of carbonyl (C=O) groups excluding carboxylic acids is 1. The number of likely N-dealkylation sites (N-methyl/N-ethyl adjacent to an activating group) is 1. The van der Waals surface area contributed by atoms with Gasteiger partial charge in [-0.1, -0.05) is 0 Å². The molecule has 1 fully saturated rings. The second kappa shape index (κ2) is 3.72. The van der Waals surface area contributed by atoms with Gasteiger partial charge in [-0.3, -0.25) is 9.69 Å². The summed E-state index contributed by atoms with van der Waals surface area (Å²) < 4.78 is 4.81. The molecule has 0 aromatic rings. The van der Waals surface area contributed by atoms with E-state index in [2.05, 4.69) is 4.90 Å². The Balaban J connectivity index is 2.12. The quantitative estimate of drug-likeness (QED) is 0.561. The Morgan fingerprint density at radius 1 is 1.64 bits per heavy atom. The second-order valence-electron chi connectivity index (χ2n) is 2.95. The van der Waals surface area contributed by atoms with Gasteiger partial charge in [-0.25, -0.2) is 0 Å². The Labute approximate surface area is 67.3 Å². The van der Waals surface area contributed by atoms with Crippen LogP contribution in [-0.2, 0) is 9.53 Å². The molecule has 0 N–H and O–H groups in total. The molecule has 0 unspecified atom stereocenters. The van der Waals surface area contributed by atoms with Crippen molar-refractivity contribution < 1.29 is 9.53 Å². The van der Waals surface area contributed by atoms with Gasteiger partial charge in [-0.15, -0.1) is 0 Å². The Kier molecular flexibility index (Phi) is 2.88. The molecule has 64 valence electrons. The van der Waals surface area contributed by atoms with E-state index in [1.54, 1.807) is 0 Å². The Morgan fingerprint density at radius 2 is 2.27 bits per heavy atom. The molecule has 0 radical (unpaired) electrons. The SMILES string of the molecule is CCOC(=O)CN(C)C1CC1. The Bertz CT molecular complexity index is 143. The van der Waals surface area contributed by atoms with Crippen LogP contribution in [0.2, 0.25) is 0 Å². The molecular weight excluding hydrogens is 142 g/mol. The molecule has 11 heavy (non-hydrogen) atoms. The van der Waals surface area contributed by atoms with Crippen molar-refractivity contribution in [1.82, 2.24) is 4.90 Å². The van der Waals surface area contributed by atoms with Crippen molar-refractivity contribution in [3.8, 4) is 0 Å². The molecule has 0 bridgehead atoms. The number of esters is 1. The third-order valence-electron chi connectivity index (χ3n) is 1.85. The maximum absolute atomic E-state index is 10.9. The van der Waals surface area contributed by atoms with E-state index >= 15 is 0 Å². The lowest BCUT2D eigenvalue weighted by Gasteiger charge is -2.13. The minimum absolute atomic E-state index is 0.109. The maximum Gasteiger partial charge on any atom is 0.320 e. The van der Waals surface area contributed by atoms with Gasteiger partial charge in [0, 0.05) is 6.04 Å². The van der Waals surface area contributed by atoms with E-state index in [4.69, 9.17) is 4.74 Å². The molecule has 1 rings (SSSR count). The van der Waals surface area contributed by atoms with E-state index in [0.29, 0.717) is 19.2 Å². The first kappa shape index (κ1) is 8.53. The van der Waals surface area contributed by atoms with Crippen molar-refractivity contribution in [2.24, 2.45) is 0 Å². The van der Waals surface area contributed by atoms with E-state index in [0.717, 1.165) is 0 Å². The van der Waals surface area contributed by atoms with Crippen LogP contribution in [0.15, 0.2) is 0 Å². The Morgan fingerprint density at radius 3 is 2.73 bits per heavy atom. The molecule has 0 aromatic carbocycles. The van der Waals surface area contributed by atoms with Gasteiger partial charge in [0.05, 0.1) is 13.2 Å². The molecule has 0 spiro atoms. The minimum atomic E-state index is -0.109. The lowest BCUT2D eigenvalue weighted by atomic mass is 10.5. The first-order valence-electron chi connectivity index (χ1n) is 4.10. The summed E-state index contributed by atoms with van der Waals surface area (Å²) in [5.74, 6) is -0.109. The van der Waals surface area contributed by atoms with Crippen LogP contribution < -0.4 is 0 Å². The third-order valence-corrected chi connectivity index (χ3v) is 1.85. The van der Waals surface area contributed by atoms with Crippen LogP contribution in [0.25, 0.3) is 0 Å². The molecule has 0 aromatic heterocycles. The van der Waals surface area contributed by atoms with Crippen molar-refractivity contribution in [2.75, 3.05) is 20.2 Å². The highest BCUT2D eigenvalue weighted by atomic mass is 16.5. The van der Waals surface area contributed by atoms with Gasteiger partial charge in [0.25, 0.3) is 0 Å². The fraction of sp³-hybridized carbons (Fsp3) is 0.875. The molecule has 0 atom stereocenters. The van der Waals surface area contributed by atoms with Gasteiger partial charge >= 0.3 is 5.97 Å². The molecule has 0 amide bonds. The Hall–Kier alpha value is -0.570. The first-order chi connectivity index (χ1) is 5.24. The van der Waals surface area contributed by atoms with Crippen LogP contribution in [0, 0.1) is 0 Å². The number of hydrogen-bond acceptors (Lipinski definition) is 3.